The predicted octanol–water partition coefficient (Wildman–Crippen LogP) is -0.191. The molecule has 68 valence electrons. The van der Waals surface area contributed by atoms with Crippen LogP contribution in [0.25, 0.3) is 0 Å². The highest BCUT2D eigenvalue weighted by atomic mass is 19.4. The van der Waals surface area contributed by atoms with E-state index in [-0.39, 0.29) is 0 Å². The van der Waals surface area contributed by atoms with Gasteiger partial charge in [0.05, 0.1) is 23.9 Å². The van der Waals surface area contributed by atoms with Gasteiger partial charge in [-0.1, -0.05) is 17.9 Å². The molecule has 8 heteroatoms. The van der Waals surface area contributed by atoms with E-state index in [2.05, 4.69) is 0 Å². The first-order chi connectivity index (χ1) is 5.01. The average molecular weight is 178 g/mol. The van der Waals surface area contributed by atoms with Crippen LogP contribution in [0, 0.1) is 0 Å². The van der Waals surface area contributed by atoms with Crippen molar-refractivity contribution in [2.75, 3.05) is 13.2 Å². The highest BCUT2D eigenvalue weighted by molar-refractivity contribution is 4.74. The van der Waals surface area contributed by atoms with E-state index >= 15 is 0 Å². The van der Waals surface area contributed by atoms with Crippen molar-refractivity contribution < 1.29 is 28.1 Å². The zero-order valence-corrected chi connectivity index (χ0v) is 5.21. The third-order valence-electron chi connectivity index (χ3n) is 1.14. The molecule has 0 unspecified atom stereocenters. The molecule has 0 saturated carbocycles. The van der Waals surface area contributed by atoms with Crippen LogP contribution < -0.4 is 0 Å². The van der Waals surface area contributed by atoms with E-state index in [1.54, 1.807) is 0 Å². The minimum atomic E-state index is -3.31. The highest BCUT2D eigenvalue weighted by Crippen LogP contribution is 2.21. The van der Waals surface area contributed by atoms with Crippen LogP contribution in [0.4, 0.5) is 17.9 Å². The Morgan fingerprint density at radius 3 is 1.18 bits per heavy atom. The molecule has 0 radical (unpaired) electrons. The number of halogens is 4. The number of aliphatic hydroxyl groups excluding tert-OH is 2. The third-order valence-corrected chi connectivity index (χ3v) is 1.14. The number of aliphatic hydroxyl groups is 2. The minimum Gasteiger partial charge on any atom is -0.393 e. The second-order valence-corrected chi connectivity index (χ2v) is 1.76. The molecule has 0 aliphatic rings. The molecule has 2 N–H and O–H groups in total. The Morgan fingerprint density at radius 1 is 0.909 bits per heavy atom. The van der Waals surface area contributed by atoms with Crippen LogP contribution in [0.1, 0.15) is 0 Å². The maximum absolute atomic E-state index is 11.6. The van der Waals surface area contributed by atoms with Gasteiger partial charge in [-0.15, -0.1) is 0 Å². The van der Waals surface area contributed by atoms with E-state index in [0.717, 1.165) is 0 Å². The van der Waals surface area contributed by atoms with Gasteiger partial charge in [0, 0.05) is 0 Å². The lowest BCUT2D eigenvalue weighted by Gasteiger charge is -2.27. The van der Waals surface area contributed by atoms with Gasteiger partial charge in [0.15, 0.2) is 0 Å². The molecule has 0 spiro atoms. The van der Waals surface area contributed by atoms with Crippen molar-refractivity contribution in [3.63, 3.8) is 0 Å². The van der Waals surface area contributed by atoms with Crippen molar-refractivity contribution in [2.24, 2.45) is 0 Å². The first-order valence-corrected chi connectivity index (χ1v) is 2.46. The summed E-state index contributed by atoms with van der Waals surface area (Å²) in [5, 5.41) is 12.3. The highest BCUT2D eigenvalue weighted by Gasteiger charge is 2.46. The van der Waals surface area contributed by atoms with Crippen molar-refractivity contribution in [3.05, 3.63) is 0 Å². The summed E-state index contributed by atoms with van der Waals surface area (Å²) in [7, 11) is 0. The summed E-state index contributed by atoms with van der Waals surface area (Å²) in [6.07, 6.45) is 0. The Balaban J connectivity index is 4.46. The third kappa shape index (κ3) is 1.77. The standard InChI is InChI=1S/C3H6F4N2O2/c4-8(5)3(1-10,2-11)9(6)7/h10-11H,1-2H2. The van der Waals surface area contributed by atoms with Crippen molar-refractivity contribution in [2.45, 2.75) is 5.66 Å². The Morgan fingerprint density at radius 2 is 1.18 bits per heavy atom. The molecule has 11 heavy (non-hydrogen) atoms. The molecule has 0 aromatic rings. The van der Waals surface area contributed by atoms with Crippen LogP contribution in [0.3, 0.4) is 0 Å². The van der Waals surface area contributed by atoms with Crippen molar-refractivity contribution in [3.8, 4) is 0 Å². The summed E-state index contributed by atoms with van der Waals surface area (Å²) in [5.74, 6) is 0. The Hall–Kier alpha value is -0.440. The van der Waals surface area contributed by atoms with Gasteiger partial charge in [-0.2, -0.15) is 0 Å². The molecule has 0 aromatic carbocycles. The van der Waals surface area contributed by atoms with Crippen LogP contribution in [0.15, 0.2) is 0 Å². The Labute approximate surface area is 59.0 Å². The van der Waals surface area contributed by atoms with Gasteiger partial charge >= 0.3 is 0 Å². The van der Waals surface area contributed by atoms with Gasteiger partial charge < -0.3 is 10.2 Å². The van der Waals surface area contributed by atoms with Crippen molar-refractivity contribution in [1.82, 2.24) is 10.7 Å². The molecule has 0 heterocycles. The van der Waals surface area contributed by atoms with Gasteiger partial charge in [0.1, 0.15) is 0 Å². The summed E-state index contributed by atoms with van der Waals surface area (Å²) < 4.78 is 46.4. The maximum Gasteiger partial charge on any atom is 0.241 e. The van der Waals surface area contributed by atoms with Gasteiger partial charge in [-0.05, 0) is 0 Å². The van der Waals surface area contributed by atoms with Crippen LogP contribution in [0.2, 0.25) is 0 Å². The number of nitrogens with zero attached hydrogens (tertiary/aromatic N) is 2. The second kappa shape index (κ2) is 3.81. The summed E-state index contributed by atoms with van der Waals surface area (Å²) in [5.41, 5.74) is -3.31. The smallest absolute Gasteiger partial charge is 0.241 e. The van der Waals surface area contributed by atoms with E-state index in [4.69, 9.17) is 10.2 Å². The fraction of sp³-hybridized carbons (Fsp3) is 1.00. The lowest BCUT2D eigenvalue weighted by atomic mass is 10.2. The first-order valence-electron chi connectivity index (χ1n) is 2.46. The Kier molecular flexibility index (Phi) is 3.66. The van der Waals surface area contributed by atoms with E-state index in [1.165, 1.54) is 0 Å². The summed E-state index contributed by atoms with van der Waals surface area (Å²) in [6, 6.07) is 0. The van der Waals surface area contributed by atoms with Crippen LogP contribution in [-0.4, -0.2) is 39.8 Å². The fourth-order valence-corrected chi connectivity index (χ4v) is 0.321. The van der Waals surface area contributed by atoms with Crippen molar-refractivity contribution >= 4 is 0 Å². The van der Waals surface area contributed by atoms with Crippen LogP contribution in [-0.2, 0) is 0 Å². The van der Waals surface area contributed by atoms with Gasteiger partial charge in [-0.25, -0.2) is 0 Å². The Bertz CT molecular complexity index is 108. The second-order valence-electron chi connectivity index (χ2n) is 1.76. The van der Waals surface area contributed by atoms with Crippen LogP contribution in [0.5, 0.6) is 0 Å². The fourth-order valence-electron chi connectivity index (χ4n) is 0.321. The zero-order chi connectivity index (χ0) is 9.07. The lowest BCUT2D eigenvalue weighted by molar-refractivity contribution is -0.385. The van der Waals surface area contributed by atoms with E-state index in [9.17, 15) is 17.9 Å². The molecule has 0 aliphatic carbocycles. The SMILES string of the molecule is OCC(CO)(N(F)F)N(F)F. The molecule has 0 aromatic heterocycles. The van der Waals surface area contributed by atoms with E-state index in [1.807, 2.05) is 0 Å². The quantitative estimate of drug-likeness (QED) is 0.356. The normalized spacial score (nSPS) is 13.1. The number of hydrogen-bond acceptors (Lipinski definition) is 4. The largest absolute Gasteiger partial charge is 0.393 e. The summed E-state index contributed by atoms with van der Waals surface area (Å²) >= 11 is 0. The molecule has 4 nitrogen and oxygen atoms in total. The maximum atomic E-state index is 11.6. The lowest BCUT2D eigenvalue weighted by Crippen LogP contribution is -2.54. The molecule has 0 bridgehead atoms. The molecule has 0 rings (SSSR count). The zero-order valence-electron chi connectivity index (χ0n) is 5.21. The van der Waals surface area contributed by atoms with Gasteiger partial charge in [0.25, 0.3) is 0 Å². The minimum absolute atomic E-state index is 1.58. The van der Waals surface area contributed by atoms with Gasteiger partial charge in [0.2, 0.25) is 5.66 Å². The molecule has 0 fully saturated rings. The molecule has 0 atom stereocenters. The topological polar surface area (TPSA) is 46.9 Å². The molecule has 0 saturated heterocycles. The molecule has 0 amide bonds. The number of hydrogen-bond donors (Lipinski definition) is 2. The van der Waals surface area contributed by atoms with E-state index in [0.29, 0.717) is 0 Å². The van der Waals surface area contributed by atoms with Crippen LogP contribution >= 0.6 is 0 Å². The summed E-state index contributed by atoms with van der Waals surface area (Å²) in [6.45, 7) is -3.16. The average Bonchev–Trinajstić information content (AvgIpc) is 1.90. The predicted molar refractivity (Wildman–Crippen MR) is 25.0 cm³/mol. The van der Waals surface area contributed by atoms with Crippen molar-refractivity contribution in [1.29, 1.82) is 0 Å². The molecule has 0 aliphatic heterocycles. The van der Waals surface area contributed by atoms with E-state index < -0.39 is 29.6 Å². The monoisotopic (exact) mass is 178 g/mol. The molecular weight excluding hydrogens is 172 g/mol. The first kappa shape index (κ1) is 10.6. The van der Waals surface area contributed by atoms with Gasteiger partial charge in [-0.3, -0.25) is 0 Å². The molecular formula is C3H6F4N2O2. The summed E-state index contributed by atoms with van der Waals surface area (Å²) in [4.78, 5) is 0. The number of rotatable bonds is 4.